The highest BCUT2D eigenvalue weighted by atomic mass is 35.5. The van der Waals surface area contributed by atoms with Crippen LogP contribution in [-0.4, -0.2) is 53.9 Å². The molecule has 10 heteroatoms. The molecule has 0 spiro atoms. The summed E-state index contributed by atoms with van der Waals surface area (Å²) >= 11 is 1.56. The summed E-state index contributed by atoms with van der Waals surface area (Å²) in [7, 11) is 4.02. The highest BCUT2D eigenvalue weighted by Crippen LogP contribution is 2.41. The molecule has 1 aliphatic rings. The van der Waals surface area contributed by atoms with E-state index in [-0.39, 0.29) is 18.1 Å². The third-order valence-corrected chi connectivity index (χ3v) is 6.73. The molecule has 0 aliphatic carbocycles. The fourth-order valence-electron chi connectivity index (χ4n) is 3.63. The van der Waals surface area contributed by atoms with Gasteiger partial charge in [-0.1, -0.05) is 6.08 Å². The van der Waals surface area contributed by atoms with Crippen molar-refractivity contribution in [3.63, 3.8) is 0 Å². The number of ether oxygens (including phenoxy) is 1. The van der Waals surface area contributed by atoms with Crippen LogP contribution in [0.25, 0.3) is 20.7 Å². The first-order valence-electron chi connectivity index (χ1n) is 10.9. The van der Waals surface area contributed by atoms with E-state index < -0.39 is 11.8 Å². The molecule has 8 nitrogen and oxygen atoms in total. The first-order valence-corrected chi connectivity index (χ1v) is 11.7. The van der Waals surface area contributed by atoms with Crippen molar-refractivity contribution in [3.05, 3.63) is 59.6 Å². The van der Waals surface area contributed by atoms with Crippen LogP contribution in [0.5, 0.6) is 5.75 Å². The van der Waals surface area contributed by atoms with Crippen molar-refractivity contribution in [1.29, 1.82) is 0 Å². The number of thiophene rings is 1. The van der Waals surface area contributed by atoms with Gasteiger partial charge in [0.05, 0.1) is 5.39 Å². The number of amides is 2. The number of aryl methyl sites for hydroxylation is 1. The van der Waals surface area contributed by atoms with Gasteiger partial charge in [0.1, 0.15) is 34.5 Å². The fourth-order valence-corrected chi connectivity index (χ4v) is 4.84. The number of aromatic nitrogens is 2. The quantitative estimate of drug-likeness (QED) is 0.328. The molecule has 0 saturated carbocycles. The average molecular weight is 514 g/mol. The Morgan fingerprint density at radius 1 is 1.14 bits per heavy atom. The number of allylic oxidation sites excluding steroid dienone is 1. The Bertz CT molecular complexity index is 1310. The van der Waals surface area contributed by atoms with Gasteiger partial charge >= 0.3 is 0 Å². The third-order valence-electron chi connectivity index (χ3n) is 5.50. The van der Waals surface area contributed by atoms with Gasteiger partial charge in [-0.25, -0.2) is 9.97 Å². The maximum atomic E-state index is 12.3. The smallest absolute Gasteiger partial charge is 0.275 e. The molecule has 4 rings (SSSR count). The molecule has 0 bridgehead atoms. The number of imide groups is 1. The molecule has 0 unspecified atom stereocenters. The van der Waals surface area contributed by atoms with Crippen LogP contribution in [0.15, 0.2) is 48.2 Å². The molecule has 0 radical (unpaired) electrons. The second-order valence-corrected chi connectivity index (χ2v) is 9.30. The van der Waals surface area contributed by atoms with Crippen molar-refractivity contribution in [2.75, 3.05) is 32.6 Å². The largest absolute Gasteiger partial charge is 0.492 e. The van der Waals surface area contributed by atoms with E-state index >= 15 is 0 Å². The summed E-state index contributed by atoms with van der Waals surface area (Å²) in [4.78, 5) is 37.5. The Morgan fingerprint density at radius 2 is 1.86 bits per heavy atom. The number of benzene rings is 1. The third kappa shape index (κ3) is 5.53. The Kier molecular flexibility index (Phi) is 8.26. The zero-order chi connectivity index (χ0) is 24.4. The molecule has 2 amide bonds. The van der Waals surface area contributed by atoms with Gasteiger partial charge in [0, 0.05) is 23.4 Å². The molecule has 0 saturated heterocycles. The lowest BCUT2D eigenvalue weighted by Gasteiger charge is -2.11. The predicted molar refractivity (Wildman–Crippen MR) is 142 cm³/mol. The van der Waals surface area contributed by atoms with Crippen LogP contribution in [-0.2, 0) is 16.0 Å². The molecule has 0 atom stereocenters. The Hall–Kier alpha value is -3.27. The van der Waals surface area contributed by atoms with E-state index in [1.165, 1.54) is 0 Å². The van der Waals surface area contributed by atoms with Crippen LogP contribution in [0.3, 0.4) is 0 Å². The Morgan fingerprint density at radius 3 is 2.46 bits per heavy atom. The molecule has 2 aromatic heterocycles. The first-order chi connectivity index (χ1) is 16.3. The number of anilines is 1. The molecule has 184 valence electrons. The molecular weight excluding hydrogens is 486 g/mol. The van der Waals surface area contributed by atoms with Crippen LogP contribution in [0.4, 0.5) is 5.82 Å². The van der Waals surface area contributed by atoms with Crippen LogP contribution in [0.1, 0.15) is 18.3 Å². The van der Waals surface area contributed by atoms with Crippen molar-refractivity contribution in [3.8, 4) is 16.2 Å². The SMILES string of the molecule is C=CCc1nc(NC2=C(C)C(=O)NC2=O)c2c(C)c(-c3ccc(OCCN(C)C)cc3)sc2n1.Cl. The number of likely N-dealkylation sites (N-methyl/N-ethyl adjacent to an activating group) is 1. The number of nitrogens with one attached hydrogen (secondary N) is 2. The summed E-state index contributed by atoms with van der Waals surface area (Å²) < 4.78 is 5.81. The number of carbonyl (C=O) groups excluding carboxylic acids is 2. The normalized spacial score (nSPS) is 13.3. The summed E-state index contributed by atoms with van der Waals surface area (Å²) in [5.41, 5.74) is 2.58. The van der Waals surface area contributed by atoms with Gasteiger partial charge in [0.2, 0.25) is 0 Å². The lowest BCUT2D eigenvalue weighted by molar-refractivity contribution is -0.124. The Balaban J connectivity index is 0.00000342. The van der Waals surface area contributed by atoms with Gasteiger partial charge in [-0.3, -0.25) is 14.9 Å². The molecular formula is C25H28ClN5O3S. The van der Waals surface area contributed by atoms with Gasteiger partial charge in [-0.2, -0.15) is 0 Å². The zero-order valence-corrected chi connectivity index (χ0v) is 21.7. The van der Waals surface area contributed by atoms with Gasteiger partial charge < -0.3 is 15.0 Å². The highest BCUT2D eigenvalue weighted by molar-refractivity contribution is 7.22. The van der Waals surface area contributed by atoms with Crippen molar-refractivity contribution >= 4 is 51.6 Å². The predicted octanol–water partition coefficient (Wildman–Crippen LogP) is 4.10. The monoisotopic (exact) mass is 513 g/mol. The topological polar surface area (TPSA) is 96.5 Å². The molecule has 35 heavy (non-hydrogen) atoms. The number of hydrogen-bond acceptors (Lipinski definition) is 8. The van der Waals surface area contributed by atoms with Crippen LogP contribution >= 0.6 is 23.7 Å². The van der Waals surface area contributed by atoms with Crippen LogP contribution < -0.4 is 15.4 Å². The number of halogens is 1. The van der Waals surface area contributed by atoms with Gasteiger partial charge in [0.15, 0.2) is 0 Å². The van der Waals surface area contributed by atoms with E-state index in [1.54, 1.807) is 24.3 Å². The van der Waals surface area contributed by atoms with E-state index in [0.717, 1.165) is 38.5 Å². The molecule has 1 aromatic carbocycles. The summed E-state index contributed by atoms with van der Waals surface area (Å²) in [5, 5.41) is 6.24. The van der Waals surface area contributed by atoms with Crippen molar-refractivity contribution < 1.29 is 14.3 Å². The molecule has 0 fully saturated rings. The van der Waals surface area contributed by atoms with E-state index in [9.17, 15) is 9.59 Å². The van der Waals surface area contributed by atoms with E-state index in [2.05, 4.69) is 27.1 Å². The van der Waals surface area contributed by atoms with E-state index in [0.29, 0.717) is 30.2 Å². The van der Waals surface area contributed by atoms with Crippen LogP contribution in [0, 0.1) is 6.92 Å². The van der Waals surface area contributed by atoms with E-state index in [4.69, 9.17) is 9.72 Å². The van der Waals surface area contributed by atoms with Crippen LogP contribution in [0.2, 0.25) is 0 Å². The summed E-state index contributed by atoms with van der Waals surface area (Å²) in [6, 6.07) is 7.99. The average Bonchev–Trinajstić information content (AvgIpc) is 3.25. The van der Waals surface area contributed by atoms with E-state index in [1.807, 2.05) is 45.3 Å². The number of fused-ring (bicyclic) bond motifs is 1. The second-order valence-electron chi connectivity index (χ2n) is 8.30. The Labute approximate surface area is 214 Å². The number of nitrogens with zero attached hydrogens (tertiary/aromatic N) is 3. The summed E-state index contributed by atoms with van der Waals surface area (Å²) in [6.07, 6.45) is 2.22. The number of rotatable bonds is 9. The minimum Gasteiger partial charge on any atom is -0.492 e. The second kappa shape index (κ2) is 11.0. The highest BCUT2D eigenvalue weighted by Gasteiger charge is 2.28. The molecule has 1 aliphatic heterocycles. The van der Waals surface area contributed by atoms with Crippen molar-refractivity contribution in [2.24, 2.45) is 0 Å². The zero-order valence-electron chi connectivity index (χ0n) is 20.1. The minimum atomic E-state index is -0.461. The van der Waals surface area contributed by atoms with Gasteiger partial charge in [-0.15, -0.1) is 30.3 Å². The van der Waals surface area contributed by atoms with Crippen molar-refractivity contribution in [1.82, 2.24) is 20.2 Å². The first kappa shape index (κ1) is 26.3. The van der Waals surface area contributed by atoms with Gasteiger partial charge in [-0.05, 0) is 63.3 Å². The standard InChI is InChI=1S/C25H27N5O3S.ClH/c1-6-7-18-26-22(28-20-15(3)23(31)29-24(20)32)19-14(2)21(34-25(19)27-18)16-8-10-17(11-9-16)33-13-12-30(4)5;/h6,8-11H,1,7,12-13H2,2-5H3,(H2,26,27,28,29,31,32);1H. The summed E-state index contributed by atoms with van der Waals surface area (Å²) in [5.74, 6) is 1.05. The number of carbonyl (C=O) groups is 2. The minimum absolute atomic E-state index is 0. The molecule has 2 N–H and O–H groups in total. The maximum Gasteiger partial charge on any atom is 0.275 e. The maximum absolute atomic E-state index is 12.3. The summed E-state index contributed by atoms with van der Waals surface area (Å²) in [6.45, 7) is 8.87. The molecule has 3 aromatic rings. The number of hydrogen-bond donors (Lipinski definition) is 2. The lowest BCUT2D eigenvalue weighted by atomic mass is 10.1. The fraction of sp³-hybridized carbons (Fsp3) is 0.280. The molecule has 3 heterocycles. The lowest BCUT2D eigenvalue weighted by Crippen LogP contribution is -2.24. The van der Waals surface area contributed by atoms with Gasteiger partial charge in [0.25, 0.3) is 11.8 Å². The van der Waals surface area contributed by atoms with Crippen molar-refractivity contribution in [2.45, 2.75) is 20.3 Å².